The summed E-state index contributed by atoms with van der Waals surface area (Å²) in [6.45, 7) is 8.89. The summed E-state index contributed by atoms with van der Waals surface area (Å²) in [5.41, 5.74) is 0.975. The molecule has 0 aromatic rings. The van der Waals surface area contributed by atoms with Crippen molar-refractivity contribution >= 4 is 5.71 Å². The molecule has 2 nitrogen and oxygen atoms in total. The van der Waals surface area contributed by atoms with Crippen molar-refractivity contribution in [2.75, 3.05) is 6.61 Å². The van der Waals surface area contributed by atoms with E-state index in [2.05, 4.69) is 19.0 Å². The molecule has 0 saturated heterocycles. The average Bonchev–Trinajstić information content (AvgIpc) is 1.87. The first kappa shape index (κ1) is 9.47. The van der Waals surface area contributed by atoms with Crippen molar-refractivity contribution in [2.24, 2.45) is 11.1 Å². The van der Waals surface area contributed by atoms with Crippen LogP contribution in [-0.4, -0.2) is 12.3 Å². The monoisotopic (exact) mass is 143 g/mol. The summed E-state index contributed by atoms with van der Waals surface area (Å²) in [5.74, 6) is 0.614. The second kappa shape index (κ2) is 5.27. The van der Waals surface area contributed by atoms with Crippen molar-refractivity contribution in [3.8, 4) is 0 Å². The standard InChI is InChI=1S/C8H17NO/c1-5-8(4)6-10-9-7(2)3/h8H,5-6H2,1-4H3. The molecule has 0 amide bonds. The van der Waals surface area contributed by atoms with E-state index >= 15 is 0 Å². The molecule has 10 heavy (non-hydrogen) atoms. The van der Waals surface area contributed by atoms with Crippen molar-refractivity contribution in [2.45, 2.75) is 34.1 Å². The number of hydrogen-bond acceptors (Lipinski definition) is 2. The van der Waals surface area contributed by atoms with E-state index in [4.69, 9.17) is 4.84 Å². The number of oxime groups is 1. The molecular formula is C8H17NO. The smallest absolute Gasteiger partial charge is 0.119 e. The lowest BCUT2D eigenvalue weighted by molar-refractivity contribution is 0.111. The molecule has 0 aliphatic carbocycles. The lowest BCUT2D eigenvalue weighted by atomic mass is 10.1. The molecule has 0 aromatic heterocycles. The highest BCUT2D eigenvalue weighted by Crippen LogP contribution is 2.00. The minimum Gasteiger partial charge on any atom is -0.396 e. The summed E-state index contributed by atoms with van der Waals surface area (Å²) in [5, 5.41) is 3.83. The summed E-state index contributed by atoms with van der Waals surface area (Å²) < 4.78 is 0. The van der Waals surface area contributed by atoms with Gasteiger partial charge < -0.3 is 4.84 Å². The second-order valence-electron chi connectivity index (χ2n) is 2.85. The van der Waals surface area contributed by atoms with Crippen LogP contribution in [0.1, 0.15) is 34.1 Å². The number of nitrogens with zero attached hydrogens (tertiary/aromatic N) is 1. The van der Waals surface area contributed by atoms with Crippen LogP contribution >= 0.6 is 0 Å². The van der Waals surface area contributed by atoms with Crippen LogP contribution in [-0.2, 0) is 4.84 Å². The van der Waals surface area contributed by atoms with Crippen LogP contribution in [0.15, 0.2) is 5.16 Å². The molecule has 1 atom stereocenters. The van der Waals surface area contributed by atoms with Crippen LogP contribution in [0.25, 0.3) is 0 Å². The molecule has 0 fully saturated rings. The first-order valence-corrected chi connectivity index (χ1v) is 3.80. The maximum Gasteiger partial charge on any atom is 0.119 e. The maximum absolute atomic E-state index is 5.04. The molecule has 0 bridgehead atoms. The fraction of sp³-hybridized carbons (Fsp3) is 0.875. The fourth-order valence-corrected chi connectivity index (χ4v) is 0.411. The fourth-order valence-electron chi connectivity index (χ4n) is 0.411. The highest BCUT2D eigenvalue weighted by Gasteiger charge is 1.96. The zero-order valence-corrected chi connectivity index (χ0v) is 7.35. The van der Waals surface area contributed by atoms with Gasteiger partial charge in [-0.15, -0.1) is 0 Å². The Bertz CT molecular complexity index is 106. The molecule has 0 spiro atoms. The van der Waals surface area contributed by atoms with Crippen LogP contribution in [0, 0.1) is 5.92 Å². The molecule has 0 N–H and O–H groups in total. The molecule has 1 unspecified atom stereocenters. The maximum atomic E-state index is 5.04. The molecule has 0 aromatic carbocycles. The number of hydrogen-bond donors (Lipinski definition) is 0. The average molecular weight is 143 g/mol. The quantitative estimate of drug-likeness (QED) is 0.437. The van der Waals surface area contributed by atoms with Gasteiger partial charge in [0.25, 0.3) is 0 Å². The molecule has 0 heterocycles. The largest absolute Gasteiger partial charge is 0.396 e. The van der Waals surface area contributed by atoms with Crippen molar-refractivity contribution in [3.05, 3.63) is 0 Å². The van der Waals surface area contributed by atoms with Gasteiger partial charge in [0, 0.05) is 0 Å². The lowest BCUT2D eigenvalue weighted by Gasteiger charge is -2.05. The predicted molar refractivity (Wildman–Crippen MR) is 44.2 cm³/mol. The number of rotatable bonds is 4. The zero-order chi connectivity index (χ0) is 7.98. The Hall–Kier alpha value is -0.530. The second-order valence-corrected chi connectivity index (χ2v) is 2.85. The summed E-state index contributed by atoms with van der Waals surface area (Å²) in [7, 11) is 0. The van der Waals surface area contributed by atoms with Gasteiger partial charge >= 0.3 is 0 Å². The molecular weight excluding hydrogens is 126 g/mol. The van der Waals surface area contributed by atoms with Crippen LogP contribution in [0.4, 0.5) is 0 Å². The SMILES string of the molecule is CCC(C)CON=C(C)C. The van der Waals surface area contributed by atoms with Crippen LogP contribution in [0.3, 0.4) is 0 Å². The van der Waals surface area contributed by atoms with Crippen molar-refractivity contribution in [1.29, 1.82) is 0 Å². The minimum atomic E-state index is 0.614. The predicted octanol–water partition coefficient (Wildman–Crippen LogP) is 2.44. The van der Waals surface area contributed by atoms with Crippen LogP contribution < -0.4 is 0 Å². The minimum absolute atomic E-state index is 0.614. The van der Waals surface area contributed by atoms with Gasteiger partial charge in [0.05, 0.1) is 5.71 Å². The van der Waals surface area contributed by atoms with E-state index in [0.717, 1.165) is 18.7 Å². The van der Waals surface area contributed by atoms with E-state index in [1.807, 2.05) is 13.8 Å². The summed E-state index contributed by atoms with van der Waals surface area (Å²) >= 11 is 0. The van der Waals surface area contributed by atoms with Crippen molar-refractivity contribution in [3.63, 3.8) is 0 Å². The van der Waals surface area contributed by atoms with Crippen molar-refractivity contribution < 1.29 is 4.84 Å². The van der Waals surface area contributed by atoms with Gasteiger partial charge in [-0.25, -0.2) is 0 Å². The Morgan fingerprint density at radius 1 is 1.50 bits per heavy atom. The molecule has 0 radical (unpaired) electrons. The van der Waals surface area contributed by atoms with E-state index in [-0.39, 0.29) is 0 Å². The van der Waals surface area contributed by atoms with Gasteiger partial charge in [0.2, 0.25) is 0 Å². The molecule has 60 valence electrons. The first-order chi connectivity index (χ1) is 4.66. The molecule has 0 aliphatic heterocycles. The third-order valence-corrected chi connectivity index (χ3v) is 1.30. The zero-order valence-electron chi connectivity index (χ0n) is 7.35. The van der Waals surface area contributed by atoms with Gasteiger partial charge in [0.15, 0.2) is 0 Å². The molecule has 0 saturated carbocycles. The summed E-state index contributed by atoms with van der Waals surface area (Å²) in [6, 6.07) is 0. The molecule has 0 aliphatic rings. The Morgan fingerprint density at radius 2 is 2.10 bits per heavy atom. The van der Waals surface area contributed by atoms with Crippen LogP contribution in [0.2, 0.25) is 0 Å². The summed E-state index contributed by atoms with van der Waals surface area (Å²) in [6.07, 6.45) is 1.15. The van der Waals surface area contributed by atoms with E-state index in [1.165, 1.54) is 0 Å². The summed E-state index contributed by atoms with van der Waals surface area (Å²) in [4.78, 5) is 5.04. The van der Waals surface area contributed by atoms with Gasteiger partial charge in [-0.1, -0.05) is 25.4 Å². The Kier molecular flexibility index (Phi) is 4.99. The van der Waals surface area contributed by atoms with Gasteiger partial charge in [-0.3, -0.25) is 0 Å². The highest BCUT2D eigenvalue weighted by atomic mass is 16.6. The Balaban J connectivity index is 3.28. The first-order valence-electron chi connectivity index (χ1n) is 3.80. The van der Waals surface area contributed by atoms with E-state index < -0.39 is 0 Å². The third kappa shape index (κ3) is 5.60. The third-order valence-electron chi connectivity index (χ3n) is 1.30. The normalized spacial score (nSPS) is 12.4. The van der Waals surface area contributed by atoms with E-state index in [9.17, 15) is 0 Å². The van der Waals surface area contributed by atoms with Gasteiger partial charge in [-0.2, -0.15) is 0 Å². The Labute approximate surface area is 63.3 Å². The van der Waals surface area contributed by atoms with Crippen molar-refractivity contribution in [1.82, 2.24) is 0 Å². The van der Waals surface area contributed by atoms with E-state index in [1.54, 1.807) is 0 Å². The highest BCUT2D eigenvalue weighted by molar-refractivity contribution is 5.78. The lowest BCUT2D eigenvalue weighted by Crippen LogP contribution is -2.01. The van der Waals surface area contributed by atoms with Gasteiger partial charge in [0.1, 0.15) is 6.61 Å². The molecule has 0 rings (SSSR count). The van der Waals surface area contributed by atoms with Gasteiger partial charge in [-0.05, 0) is 19.8 Å². The molecule has 2 heteroatoms. The Morgan fingerprint density at radius 3 is 2.50 bits per heavy atom. The topological polar surface area (TPSA) is 21.6 Å². The van der Waals surface area contributed by atoms with E-state index in [0.29, 0.717) is 5.92 Å². The van der Waals surface area contributed by atoms with Crippen LogP contribution in [0.5, 0.6) is 0 Å².